The molecule has 4 nitrogen and oxygen atoms in total. The highest BCUT2D eigenvalue weighted by atomic mass is 16.7. The maximum atomic E-state index is 12.8. The van der Waals surface area contributed by atoms with Gasteiger partial charge in [0.1, 0.15) is 0 Å². The molecule has 0 amide bonds. The Kier molecular flexibility index (Phi) is 4.47. The van der Waals surface area contributed by atoms with Crippen molar-refractivity contribution >= 4 is 11.6 Å². The van der Waals surface area contributed by atoms with Gasteiger partial charge in [0.05, 0.1) is 12.8 Å². The quantitative estimate of drug-likeness (QED) is 0.599. The lowest BCUT2D eigenvalue weighted by Gasteiger charge is -2.26. The van der Waals surface area contributed by atoms with Gasteiger partial charge in [-0.25, -0.2) is 0 Å². The van der Waals surface area contributed by atoms with Crippen molar-refractivity contribution in [3.63, 3.8) is 0 Å². The van der Waals surface area contributed by atoms with Gasteiger partial charge in [-0.15, -0.1) is 0 Å². The van der Waals surface area contributed by atoms with Gasteiger partial charge < -0.3 is 9.47 Å². The molecule has 0 radical (unpaired) electrons. The van der Waals surface area contributed by atoms with Crippen molar-refractivity contribution in [3.8, 4) is 11.5 Å². The number of benzene rings is 3. The molecule has 0 atom stereocenters. The van der Waals surface area contributed by atoms with Crippen molar-refractivity contribution in [1.82, 2.24) is 0 Å². The molecule has 0 fully saturated rings. The fourth-order valence-corrected chi connectivity index (χ4v) is 3.19. The van der Waals surface area contributed by atoms with E-state index in [9.17, 15) is 9.59 Å². The summed E-state index contributed by atoms with van der Waals surface area (Å²) in [6, 6.07) is 25.1. The van der Waals surface area contributed by atoms with E-state index in [-0.39, 0.29) is 24.4 Å². The van der Waals surface area contributed by atoms with Crippen LogP contribution in [0.2, 0.25) is 0 Å². The number of hydrogen-bond donors (Lipinski definition) is 0. The number of ketones is 2. The SMILES string of the molecule is O=C(CC1(CC(=O)c2ccccc2)Oc2ccccc2O1)c1ccccc1. The summed E-state index contributed by atoms with van der Waals surface area (Å²) in [4.78, 5) is 25.6. The summed E-state index contributed by atoms with van der Waals surface area (Å²) in [5.74, 6) is -0.532. The first-order valence-corrected chi connectivity index (χ1v) is 8.79. The second-order valence-electron chi connectivity index (χ2n) is 6.49. The zero-order valence-corrected chi connectivity index (χ0v) is 14.6. The van der Waals surface area contributed by atoms with Gasteiger partial charge in [0.15, 0.2) is 23.1 Å². The first-order chi connectivity index (χ1) is 13.2. The van der Waals surface area contributed by atoms with Gasteiger partial charge in [-0.1, -0.05) is 72.8 Å². The fourth-order valence-electron chi connectivity index (χ4n) is 3.19. The molecule has 0 bridgehead atoms. The average Bonchev–Trinajstić information content (AvgIpc) is 3.06. The van der Waals surface area contributed by atoms with E-state index in [1.54, 1.807) is 60.7 Å². The number of fused-ring (bicyclic) bond motifs is 1. The second-order valence-corrected chi connectivity index (χ2v) is 6.49. The van der Waals surface area contributed by atoms with Crippen LogP contribution in [0, 0.1) is 0 Å². The normalized spacial score (nSPS) is 13.9. The standard InChI is InChI=1S/C23H18O4/c24-19(17-9-3-1-4-10-17)15-23(16-20(25)18-11-5-2-6-12-18)26-21-13-7-8-14-22(21)27-23/h1-14H,15-16H2. The van der Waals surface area contributed by atoms with Crippen LogP contribution >= 0.6 is 0 Å². The Hall–Kier alpha value is -3.40. The summed E-state index contributed by atoms with van der Waals surface area (Å²) in [5.41, 5.74) is 1.12. The van der Waals surface area contributed by atoms with E-state index in [4.69, 9.17) is 9.47 Å². The molecule has 1 aliphatic heterocycles. The predicted molar refractivity (Wildman–Crippen MR) is 101 cm³/mol. The molecule has 4 rings (SSSR count). The summed E-state index contributed by atoms with van der Waals surface area (Å²) in [5, 5.41) is 0. The zero-order chi connectivity index (χ0) is 18.7. The molecule has 4 heteroatoms. The third-order valence-corrected chi connectivity index (χ3v) is 4.49. The Morgan fingerprint density at radius 3 is 1.37 bits per heavy atom. The predicted octanol–water partition coefficient (Wildman–Crippen LogP) is 4.70. The molecule has 0 aromatic heterocycles. The number of carbonyl (C=O) groups excluding carboxylic acids is 2. The highest BCUT2D eigenvalue weighted by Crippen LogP contribution is 2.43. The molecule has 0 saturated heterocycles. The number of Topliss-reactive ketones (excluding diaryl/α,β-unsaturated/α-hetero) is 2. The van der Waals surface area contributed by atoms with E-state index in [0.717, 1.165) is 0 Å². The monoisotopic (exact) mass is 358 g/mol. The maximum Gasteiger partial charge on any atom is 0.266 e. The van der Waals surface area contributed by atoms with Crippen molar-refractivity contribution in [2.75, 3.05) is 0 Å². The van der Waals surface area contributed by atoms with Crippen LogP contribution in [0.1, 0.15) is 33.6 Å². The minimum atomic E-state index is -1.34. The van der Waals surface area contributed by atoms with Crippen LogP contribution < -0.4 is 9.47 Å². The van der Waals surface area contributed by atoms with Crippen LogP contribution in [-0.4, -0.2) is 17.4 Å². The molecule has 0 aliphatic carbocycles. The molecule has 0 spiro atoms. The lowest BCUT2D eigenvalue weighted by molar-refractivity contribution is -0.0760. The van der Waals surface area contributed by atoms with Gasteiger partial charge in [0.25, 0.3) is 5.79 Å². The van der Waals surface area contributed by atoms with E-state index in [2.05, 4.69) is 0 Å². The van der Waals surface area contributed by atoms with Gasteiger partial charge in [0.2, 0.25) is 0 Å². The van der Waals surface area contributed by atoms with Gasteiger partial charge in [-0.2, -0.15) is 0 Å². The molecular formula is C23H18O4. The number of ether oxygens (including phenoxy) is 2. The van der Waals surface area contributed by atoms with E-state index in [1.807, 2.05) is 24.3 Å². The maximum absolute atomic E-state index is 12.8. The Labute approximate surface area is 157 Å². The zero-order valence-electron chi connectivity index (χ0n) is 14.6. The summed E-state index contributed by atoms with van der Waals surface area (Å²) >= 11 is 0. The van der Waals surface area contributed by atoms with Gasteiger partial charge in [-0.05, 0) is 12.1 Å². The number of para-hydroxylation sites is 2. The number of rotatable bonds is 6. The summed E-state index contributed by atoms with van der Waals surface area (Å²) in [7, 11) is 0. The third kappa shape index (κ3) is 3.60. The highest BCUT2D eigenvalue weighted by molar-refractivity contribution is 5.99. The average molecular weight is 358 g/mol. The van der Waals surface area contributed by atoms with E-state index in [0.29, 0.717) is 22.6 Å². The van der Waals surface area contributed by atoms with Crippen LogP contribution in [0.4, 0.5) is 0 Å². The molecular weight excluding hydrogens is 340 g/mol. The molecule has 134 valence electrons. The topological polar surface area (TPSA) is 52.6 Å². The van der Waals surface area contributed by atoms with Crippen molar-refractivity contribution in [1.29, 1.82) is 0 Å². The van der Waals surface area contributed by atoms with Crippen molar-refractivity contribution in [2.24, 2.45) is 0 Å². The molecule has 0 N–H and O–H groups in total. The van der Waals surface area contributed by atoms with Gasteiger partial charge in [-0.3, -0.25) is 9.59 Å². The number of carbonyl (C=O) groups is 2. The Bertz CT molecular complexity index is 883. The summed E-state index contributed by atoms with van der Waals surface area (Å²) in [6.07, 6.45) is -0.103. The first kappa shape index (κ1) is 17.0. The van der Waals surface area contributed by atoms with E-state index >= 15 is 0 Å². The van der Waals surface area contributed by atoms with Crippen molar-refractivity contribution in [3.05, 3.63) is 96.1 Å². The first-order valence-electron chi connectivity index (χ1n) is 8.79. The van der Waals surface area contributed by atoms with Gasteiger partial charge >= 0.3 is 0 Å². The molecule has 1 aliphatic rings. The molecule has 27 heavy (non-hydrogen) atoms. The summed E-state index contributed by atoms with van der Waals surface area (Å²) < 4.78 is 12.0. The van der Waals surface area contributed by atoms with E-state index < -0.39 is 5.79 Å². The minimum Gasteiger partial charge on any atom is -0.447 e. The lowest BCUT2D eigenvalue weighted by atomic mass is 9.96. The molecule has 3 aromatic rings. The Morgan fingerprint density at radius 1 is 0.593 bits per heavy atom. The lowest BCUT2D eigenvalue weighted by Crippen LogP contribution is -2.43. The van der Waals surface area contributed by atoms with Crippen LogP contribution in [-0.2, 0) is 0 Å². The smallest absolute Gasteiger partial charge is 0.266 e. The van der Waals surface area contributed by atoms with Crippen molar-refractivity contribution in [2.45, 2.75) is 18.6 Å². The highest BCUT2D eigenvalue weighted by Gasteiger charge is 2.45. The van der Waals surface area contributed by atoms with Crippen LogP contribution in [0.3, 0.4) is 0 Å². The summed E-state index contributed by atoms with van der Waals surface area (Å²) in [6.45, 7) is 0. The Balaban J connectivity index is 1.62. The van der Waals surface area contributed by atoms with Crippen molar-refractivity contribution < 1.29 is 19.1 Å². The third-order valence-electron chi connectivity index (χ3n) is 4.49. The molecule has 1 heterocycles. The van der Waals surface area contributed by atoms with Crippen LogP contribution in [0.15, 0.2) is 84.9 Å². The number of hydrogen-bond acceptors (Lipinski definition) is 4. The van der Waals surface area contributed by atoms with Gasteiger partial charge in [0, 0.05) is 11.1 Å². The molecule has 0 saturated carbocycles. The molecule has 3 aromatic carbocycles. The van der Waals surface area contributed by atoms with Crippen LogP contribution in [0.5, 0.6) is 11.5 Å². The molecule has 0 unspecified atom stereocenters. The largest absolute Gasteiger partial charge is 0.447 e. The minimum absolute atomic E-state index is 0.0513. The van der Waals surface area contributed by atoms with E-state index in [1.165, 1.54) is 0 Å². The second kappa shape index (κ2) is 7.08. The fraction of sp³-hybridized carbons (Fsp3) is 0.130. The van der Waals surface area contributed by atoms with Crippen LogP contribution in [0.25, 0.3) is 0 Å². The Morgan fingerprint density at radius 2 is 0.963 bits per heavy atom.